The molecule has 8 heterocycles. The van der Waals surface area contributed by atoms with Crippen molar-refractivity contribution in [2.24, 2.45) is 0 Å². The lowest BCUT2D eigenvalue weighted by Gasteiger charge is -2.12. The molecular formula is C90H54N10O2. The van der Waals surface area contributed by atoms with Gasteiger partial charge in [-0.1, -0.05) is 237 Å². The van der Waals surface area contributed by atoms with Gasteiger partial charge in [0, 0.05) is 92.7 Å². The molecular weight excluding hydrogens is 1250 g/mol. The van der Waals surface area contributed by atoms with E-state index in [-0.39, 0.29) is 0 Å². The molecule has 0 atom stereocenters. The number of benzene rings is 14. The maximum absolute atomic E-state index is 6.50. The summed E-state index contributed by atoms with van der Waals surface area (Å²) in [5.41, 5.74) is 17.6. The highest BCUT2D eigenvalue weighted by atomic mass is 16.3. The largest absolute Gasteiger partial charge is 0.456 e. The first-order valence-electron chi connectivity index (χ1n) is 34.1. The van der Waals surface area contributed by atoms with Crippen LogP contribution in [0.25, 0.3) is 200 Å². The summed E-state index contributed by atoms with van der Waals surface area (Å²) in [7, 11) is 0. The summed E-state index contributed by atoms with van der Waals surface area (Å²) in [6.45, 7) is 0. The molecule has 0 spiro atoms. The van der Waals surface area contributed by atoms with Crippen LogP contribution in [0.2, 0.25) is 0 Å². The van der Waals surface area contributed by atoms with Crippen molar-refractivity contribution in [2.45, 2.75) is 0 Å². The van der Waals surface area contributed by atoms with E-state index in [0.29, 0.717) is 35.2 Å². The highest BCUT2D eigenvalue weighted by Gasteiger charge is 2.27. The van der Waals surface area contributed by atoms with Gasteiger partial charge in [-0.3, -0.25) is 9.13 Å². The molecule has 0 aliphatic rings. The molecule has 12 heteroatoms. The lowest BCUT2D eigenvalue weighted by atomic mass is 10.1. The van der Waals surface area contributed by atoms with E-state index in [4.69, 9.17) is 38.7 Å². The van der Waals surface area contributed by atoms with Crippen LogP contribution in [0.5, 0.6) is 0 Å². The first-order valence-corrected chi connectivity index (χ1v) is 34.1. The molecule has 0 N–H and O–H groups in total. The average Bonchev–Trinajstić information content (AvgIpc) is 1.55. The lowest BCUT2D eigenvalue weighted by Crippen LogP contribution is -2.06. The average molecular weight is 1310 g/mol. The zero-order chi connectivity index (χ0) is 66.9. The highest BCUT2D eigenvalue weighted by molar-refractivity contribution is 6.28. The van der Waals surface area contributed by atoms with Crippen LogP contribution >= 0.6 is 0 Å². The summed E-state index contributed by atoms with van der Waals surface area (Å²) in [6.07, 6.45) is 0. The van der Waals surface area contributed by atoms with Crippen LogP contribution in [-0.2, 0) is 0 Å². The third kappa shape index (κ3) is 8.82. The second-order valence-electron chi connectivity index (χ2n) is 25.7. The van der Waals surface area contributed by atoms with Crippen LogP contribution in [0.1, 0.15) is 0 Å². The second-order valence-corrected chi connectivity index (χ2v) is 25.7. The lowest BCUT2D eigenvalue weighted by molar-refractivity contribution is 0.669. The zero-order valence-corrected chi connectivity index (χ0v) is 54.5. The van der Waals surface area contributed by atoms with Gasteiger partial charge in [0.2, 0.25) is 11.9 Å². The molecule has 0 fully saturated rings. The minimum Gasteiger partial charge on any atom is -0.456 e. The van der Waals surface area contributed by atoms with E-state index >= 15 is 0 Å². The molecule has 14 aromatic carbocycles. The van der Waals surface area contributed by atoms with E-state index in [0.717, 1.165) is 159 Å². The van der Waals surface area contributed by atoms with E-state index in [1.165, 1.54) is 5.39 Å². The number of nitrogens with zero attached hydrogens (tertiary/aromatic N) is 10. The Morgan fingerprint density at radius 2 is 0.588 bits per heavy atom. The molecule has 22 aromatic rings. The Labute approximate surface area is 581 Å². The molecule has 0 saturated heterocycles. The van der Waals surface area contributed by atoms with Crippen LogP contribution in [0.3, 0.4) is 0 Å². The number of aromatic nitrogens is 10. The fourth-order valence-corrected chi connectivity index (χ4v) is 15.5. The normalized spacial score (nSPS) is 11.9. The van der Waals surface area contributed by atoms with Crippen LogP contribution < -0.4 is 0 Å². The molecule has 12 nitrogen and oxygen atoms in total. The van der Waals surface area contributed by atoms with Crippen molar-refractivity contribution in [3.63, 3.8) is 0 Å². The molecule has 0 aliphatic carbocycles. The van der Waals surface area contributed by atoms with Gasteiger partial charge in [0.05, 0.1) is 49.7 Å². The Hall–Kier alpha value is -14.1. The summed E-state index contributed by atoms with van der Waals surface area (Å²) < 4.78 is 21.9. The topological polar surface area (TPSA) is 123 Å². The fourth-order valence-electron chi connectivity index (χ4n) is 15.5. The van der Waals surface area contributed by atoms with Crippen molar-refractivity contribution >= 4 is 131 Å². The Morgan fingerprint density at radius 1 is 0.216 bits per heavy atom. The maximum Gasteiger partial charge on any atom is 0.238 e. The van der Waals surface area contributed by atoms with Crippen molar-refractivity contribution in [1.82, 2.24) is 48.2 Å². The maximum atomic E-state index is 6.50. The first-order chi connectivity index (χ1) is 50.6. The van der Waals surface area contributed by atoms with Gasteiger partial charge in [0.15, 0.2) is 23.3 Å². The Morgan fingerprint density at radius 3 is 1.11 bits per heavy atom. The molecule has 0 bridgehead atoms. The van der Waals surface area contributed by atoms with Crippen LogP contribution in [0.4, 0.5) is 0 Å². The van der Waals surface area contributed by atoms with Gasteiger partial charge in [0.1, 0.15) is 22.3 Å². The molecule has 22 rings (SSSR count). The summed E-state index contributed by atoms with van der Waals surface area (Å²) in [4.78, 5) is 31.3. The number of para-hydroxylation sites is 9. The quantitative estimate of drug-likeness (QED) is 0.147. The third-order valence-electron chi connectivity index (χ3n) is 20.0. The standard InChI is InChI=1S/2C45H27N5O/c1-3-14-28(15-4-1)43-46-44(35-22-13-21-33-31-19-9-12-25-39(31)51-42(33)35)48-45(47-43)50-36-23-10-7-18-30(36)32-26-27-38-40(41(32)50)34-20-8-11-24-37(34)49(38)29-16-5-2-6-17-29;1-3-13-28(14-4-1)43-46-44(29-23-24-33-32-18-9-12-22-39(32)51-40(33)27-29)48-45(47-43)50-36-20-10-7-17-31(36)34-25-26-38-41(42(34)50)35-19-8-11-21-37(35)49(38)30-15-5-2-6-16-30/h2*1-27H. The number of furan rings is 2. The monoisotopic (exact) mass is 1310 g/mol. The van der Waals surface area contributed by atoms with E-state index < -0.39 is 0 Å². The molecule has 0 radical (unpaired) electrons. The van der Waals surface area contributed by atoms with Gasteiger partial charge in [-0.25, -0.2) is 9.97 Å². The van der Waals surface area contributed by atoms with Crippen molar-refractivity contribution < 1.29 is 8.83 Å². The summed E-state index contributed by atoms with van der Waals surface area (Å²) >= 11 is 0. The SMILES string of the molecule is c1ccc(-c2nc(-c3ccc4c(c3)oc3ccccc34)nc(-n3c4ccccc4c4ccc5c(c6ccccc6n5-c5ccccc5)c43)n2)cc1.c1ccc(-c2nc(-c3cccc4c3oc3ccccc34)nc(-n3c4ccccc4c4ccc5c(c6ccccc6n5-c5ccccc5)c43)n2)cc1. The number of hydrogen-bond donors (Lipinski definition) is 0. The molecule has 102 heavy (non-hydrogen) atoms. The molecule has 0 unspecified atom stereocenters. The van der Waals surface area contributed by atoms with E-state index in [1.54, 1.807) is 0 Å². The predicted octanol–water partition coefficient (Wildman–Crippen LogP) is 22.6. The molecule has 0 saturated carbocycles. The van der Waals surface area contributed by atoms with Crippen LogP contribution in [-0.4, -0.2) is 48.2 Å². The van der Waals surface area contributed by atoms with Crippen LogP contribution in [0.15, 0.2) is 336 Å². The minimum atomic E-state index is 0.544. The predicted molar refractivity (Wildman–Crippen MR) is 413 cm³/mol. The van der Waals surface area contributed by atoms with Gasteiger partial charge < -0.3 is 18.0 Å². The molecule has 0 amide bonds. The van der Waals surface area contributed by atoms with E-state index in [1.807, 2.05) is 115 Å². The van der Waals surface area contributed by atoms with E-state index in [9.17, 15) is 0 Å². The van der Waals surface area contributed by atoms with Gasteiger partial charge in [-0.2, -0.15) is 19.9 Å². The molecule has 476 valence electrons. The highest BCUT2D eigenvalue weighted by Crippen LogP contribution is 2.45. The van der Waals surface area contributed by atoms with Crippen molar-refractivity contribution in [1.29, 1.82) is 0 Å². The van der Waals surface area contributed by atoms with Crippen molar-refractivity contribution in [2.75, 3.05) is 0 Å². The fraction of sp³-hybridized carbons (Fsp3) is 0. The van der Waals surface area contributed by atoms with Crippen molar-refractivity contribution in [3.8, 4) is 68.8 Å². The smallest absolute Gasteiger partial charge is 0.238 e. The summed E-state index contributed by atoms with van der Waals surface area (Å²) in [6, 6.07) is 113. The van der Waals surface area contributed by atoms with Crippen molar-refractivity contribution in [3.05, 3.63) is 328 Å². The zero-order valence-electron chi connectivity index (χ0n) is 54.5. The Kier molecular flexibility index (Phi) is 12.7. The molecule has 0 aliphatic heterocycles. The minimum absolute atomic E-state index is 0.544. The summed E-state index contributed by atoms with van der Waals surface area (Å²) in [5, 5.41) is 13.4. The van der Waals surface area contributed by atoms with E-state index in [2.05, 4.69) is 231 Å². The third-order valence-corrected chi connectivity index (χ3v) is 20.0. The van der Waals surface area contributed by atoms with Gasteiger partial charge in [-0.15, -0.1) is 0 Å². The number of fused-ring (bicyclic) bond motifs is 20. The number of rotatable bonds is 8. The van der Waals surface area contributed by atoms with Crippen LogP contribution in [0, 0.1) is 0 Å². The Bertz CT molecular complexity index is 7130. The summed E-state index contributed by atoms with van der Waals surface area (Å²) in [5.74, 6) is 3.42. The number of hydrogen-bond acceptors (Lipinski definition) is 8. The van der Waals surface area contributed by atoms with Gasteiger partial charge in [0.25, 0.3) is 0 Å². The Balaban J connectivity index is 0.000000133. The molecule has 8 aromatic heterocycles. The van der Waals surface area contributed by atoms with Gasteiger partial charge >= 0.3 is 0 Å². The second kappa shape index (κ2) is 22.7. The first kappa shape index (κ1) is 57.0. The van der Waals surface area contributed by atoms with Gasteiger partial charge in [-0.05, 0) is 91.0 Å².